The minimum Gasteiger partial charge on any atom is -0.342 e. The summed E-state index contributed by atoms with van der Waals surface area (Å²) in [6.07, 6.45) is 1.80. The molecule has 98 valence electrons. The first-order valence-electron chi connectivity index (χ1n) is 6.30. The molecular weight excluding hydrogens is 249 g/mol. The number of hydrogen-bond donors (Lipinski definition) is 1. The van der Waals surface area contributed by atoms with Crippen LogP contribution in [-0.4, -0.2) is 29.1 Å². The minimum absolute atomic E-state index is 0.0935. The Morgan fingerprint density at radius 3 is 2.67 bits per heavy atom. The molecule has 1 atom stereocenters. The maximum absolute atomic E-state index is 13.2. The van der Waals surface area contributed by atoms with Gasteiger partial charge in [-0.3, -0.25) is 4.79 Å². The molecule has 2 rings (SSSR count). The molecular formula is C14H18FNOS. The van der Waals surface area contributed by atoms with Crippen molar-refractivity contribution in [2.75, 3.05) is 13.1 Å². The van der Waals surface area contributed by atoms with Crippen LogP contribution in [0.4, 0.5) is 4.39 Å². The van der Waals surface area contributed by atoms with Crippen LogP contribution in [0.2, 0.25) is 0 Å². The van der Waals surface area contributed by atoms with E-state index in [4.69, 9.17) is 0 Å². The Labute approximate surface area is 113 Å². The number of carbonyl (C=O) groups is 1. The highest BCUT2D eigenvalue weighted by Crippen LogP contribution is 2.28. The Morgan fingerprint density at radius 1 is 1.44 bits per heavy atom. The van der Waals surface area contributed by atoms with E-state index in [-0.39, 0.29) is 17.0 Å². The summed E-state index contributed by atoms with van der Waals surface area (Å²) in [6, 6.07) is 6.78. The van der Waals surface area contributed by atoms with Gasteiger partial charge in [0.1, 0.15) is 5.82 Å². The molecule has 0 bridgehead atoms. The molecule has 1 unspecified atom stereocenters. The number of benzene rings is 1. The van der Waals surface area contributed by atoms with Crippen LogP contribution in [0.1, 0.15) is 31.2 Å². The van der Waals surface area contributed by atoms with Crippen LogP contribution >= 0.6 is 12.6 Å². The predicted molar refractivity (Wildman–Crippen MR) is 73.4 cm³/mol. The second-order valence-electron chi connectivity index (χ2n) is 4.83. The van der Waals surface area contributed by atoms with Crippen molar-refractivity contribution in [2.24, 2.45) is 0 Å². The van der Waals surface area contributed by atoms with Gasteiger partial charge in [0.05, 0.1) is 5.25 Å². The van der Waals surface area contributed by atoms with Crippen molar-refractivity contribution < 1.29 is 9.18 Å². The van der Waals surface area contributed by atoms with E-state index in [2.05, 4.69) is 12.6 Å². The number of carbonyl (C=O) groups excluding carboxylic acids is 1. The monoisotopic (exact) mass is 267 g/mol. The first-order valence-corrected chi connectivity index (χ1v) is 6.82. The molecule has 18 heavy (non-hydrogen) atoms. The maximum atomic E-state index is 13.2. The van der Waals surface area contributed by atoms with Gasteiger partial charge in [-0.05, 0) is 43.4 Å². The molecule has 4 heteroatoms. The van der Waals surface area contributed by atoms with E-state index in [0.717, 1.165) is 31.5 Å². The number of halogens is 1. The fourth-order valence-electron chi connectivity index (χ4n) is 2.46. The maximum Gasteiger partial charge on any atom is 0.235 e. The van der Waals surface area contributed by atoms with Gasteiger partial charge in [0, 0.05) is 13.1 Å². The lowest BCUT2D eigenvalue weighted by atomic mass is 9.89. The average Bonchev–Trinajstić information content (AvgIpc) is 2.38. The minimum atomic E-state index is -0.240. The van der Waals surface area contributed by atoms with Gasteiger partial charge in [-0.25, -0.2) is 4.39 Å². The number of thiol groups is 1. The van der Waals surface area contributed by atoms with Crippen LogP contribution in [-0.2, 0) is 4.79 Å². The van der Waals surface area contributed by atoms with Crippen molar-refractivity contribution in [3.05, 3.63) is 35.6 Å². The number of amides is 1. The van der Waals surface area contributed by atoms with Gasteiger partial charge in [-0.15, -0.1) is 0 Å². The molecule has 1 saturated heterocycles. The van der Waals surface area contributed by atoms with Gasteiger partial charge in [0.25, 0.3) is 0 Å². The van der Waals surface area contributed by atoms with Crippen LogP contribution in [0.25, 0.3) is 0 Å². The molecule has 0 spiro atoms. The van der Waals surface area contributed by atoms with Gasteiger partial charge in [0.2, 0.25) is 5.91 Å². The van der Waals surface area contributed by atoms with Crippen LogP contribution in [0.15, 0.2) is 24.3 Å². The lowest BCUT2D eigenvalue weighted by Crippen LogP contribution is -2.41. The Morgan fingerprint density at radius 2 is 2.11 bits per heavy atom. The van der Waals surface area contributed by atoms with Gasteiger partial charge < -0.3 is 4.90 Å². The zero-order chi connectivity index (χ0) is 13.1. The molecule has 1 aliphatic rings. The van der Waals surface area contributed by atoms with Crippen LogP contribution in [0, 0.1) is 5.82 Å². The van der Waals surface area contributed by atoms with Crippen LogP contribution in [0.5, 0.6) is 0 Å². The Balaban J connectivity index is 1.96. The van der Waals surface area contributed by atoms with Gasteiger partial charge in [-0.1, -0.05) is 12.1 Å². The summed E-state index contributed by atoms with van der Waals surface area (Å²) in [5.74, 6) is 0.269. The molecule has 1 aromatic carbocycles. The third kappa shape index (κ3) is 3.05. The zero-order valence-electron chi connectivity index (χ0n) is 10.5. The van der Waals surface area contributed by atoms with Crippen molar-refractivity contribution in [3.8, 4) is 0 Å². The average molecular weight is 267 g/mol. The van der Waals surface area contributed by atoms with Gasteiger partial charge in [-0.2, -0.15) is 12.6 Å². The number of rotatable bonds is 2. The number of likely N-dealkylation sites (tertiary alicyclic amines) is 1. The topological polar surface area (TPSA) is 20.3 Å². The largest absolute Gasteiger partial charge is 0.342 e. The molecule has 1 aromatic rings. The highest BCUT2D eigenvalue weighted by molar-refractivity contribution is 7.81. The molecule has 1 heterocycles. The first kappa shape index (κ1) is 13.4. The lowest BCUT2D eigenvalue weighted by molar-refractivity contribution is -0.131. The smallest absolute Gasteiger partial charge is 0.235 e. The van der Waals surface area contributed by atoms with Gasteiger partial charge >= 0.3 is 0 Å². The molecule has 1 aliphatic heterocycles. The molecule has 0 aromatic heterocycles. The number of nitrogens with zero attached hydrogens (tertiary/aromatic N) is 1. The highest BCUT2D eigenvalue weighted by atomic mass is 32.1. The quantitative estimate of drug-likeness (QED) is 0.817. The summed E-state index contributed by atoms with van der Waals surface area (Å²) < 4.78 is 13.2. The Bertz CT molecular complexity index is 428. The van der Waals surface area contributed by atoms with Crippen molar-refractivity contribution in [2.45, 2.75) is 30.9 Å². The summed E-state index contributed by atoms with van der Waals surface area (Å²) in [4.78, 5) is 13.6. The van der Waals surface area contributed by atoms with E-state index in [1.165, 1.54) is 6.07 Å². The fraction of sp³-hybridized carbons (Fsp3) is 0.500. The molecule has 0 N–H and O–H groups in total. The summed E-state index contributed by atoms with van der Waals surface area (Å²) in [5, 5.41) is -0.240. The van der Waals surface area contributed by atoms with Crippen molar-refractivity contribution in [3.63, 3.8) is 0 Å². The second-order valence-corrected chi connectivity index (χ2v) is 5.61. The van der Waals surface area contributed by atoms with Crippen molar-refractivity contribution in [1.29, 1.82) is 0 Å². The third-order valence-corrected chi connectivity index (χ3v) is 3.70. The van der Waals surface area contributed by atoms with E-state index in [9.17, 15) is 9.18 Å². The van der Waals surface area contributed by atoms with E-state index in [1.807, 2.05) is 11.0 Å². The Hall–Kier alpha value is -1.03. The van der Waals surface area contributed by atoms with E-state index in [0.29, 0.717) is 5.92 Å². The summed E-state index contributed by atoms with van der Waals surface area (Å²) in [5.41, 5.74) is 1.04. The molecule has 1 amide bonds. The van der Waals surface area contributed by atoms with Crippen molar-refractivity contribution >= 4 is 18.5 Å². The van der Waals surface area contributed by atoms with Gasteiger partial charge in [0.15, 0.2) is 0 Å². The first-order chi connectivity index (χ1) is 8.58. The fourth-order valence-corrected chi connectivity index (χ4v) is 2.62. The van der Waals surface area contributed by atoms with E-state index < -0.39 is 0 Å². The summed E-state index contributed by atoms with van der Waals surface area (Å²) in [7, 11) is 0. The van der Waals surface area contributed by atoms with E-state index in [1.54, 1.807) is 19.1 Å². The predicted octanol–water partition coefficient (Wildman–Crippen LogP) is 2.85. The SMILES string of the molecule is CC(S)C(=O)N1CCC(c2cccc(F)c2)CC1. The highest BCUT2D eigenvalue weighted by Gasteiger charge is 2.25. The summed E-state index contributed by atoms with van der Waals surface area (Å²) >= 11 is 4.17. The molecule has 0 saturated carbocycles. The van der Waals surface area contributed by atoms with Crippen molar-refractivity contribution in [1.82, 2.24) is 4.90 Å². The number of piperidine rings is 1. The summed E-state index contributed by atoms with van der Waals surface area (Å²) in [6.45, 7) is 3.28. The molecule has 2 nitrogen and oxygen atoms in total. The normalized spacial score (nSPS) is 18.7. The number of hydrogen-bond acceptors (Lipinski definition) is 2. The standard InChI is InChI=1S/C14H18FNOS/c1-10(18)14(17)16-7-5-11(6-8-16)12-3-2-4-13(15)9-12/h2-4,9-11,18H,5-8H2,1H3. The molecule has 1 fully saturated rings. The van der Waals surface area contributed by atoms with E-state index >= 15 is 0 Å². The Kier molecular flexibility index (Phi) is 4.27. The van der Waals surface area contributed by atoms with Crippen LogP contribution < -0.4 is 0 Å². The third-order valence-electron chi connectivity index (χ3n) is 3.48. The van der Waals surface area contributed by atoms with Crippen LogP contribution in [0.3, 0.4) is 0 Å². The zero-order valence-corrected chi connectivity index (χ0v) is 11.4. The second kappa shape index (κ2) is 5.74. The molecule has 0 aliphatic carbocycles. The lowest BCUT2D eigenvalue weighted by Gasteiger charge is -2.33. The molecule has 0 radical (unpaired) electrons.